The summed E-state index contributed by atoms with van der Waals surface area (Å²) < 4.78 is 0. The van der Waals surface area contributed by atoms with Gasteiger partial charge < -0.3 is 10.2 Å². The summed E-state index contributed by atoms with van der Waals surface area (Å²) in [5, 5.41) is 13.3. The van der Waals surface area contributed by atoms with Gasteiger partial charge in [-0.1, -0.05) is 0 Å². The molecule has 1 atom stereocenters. The summed E-state index contributed by atoms with van der Waals surface area (Å²) in [6, 6.07) is 0.0276. The molecule has 2 amide bonds. The summed E-state index contributed by atoms with van der Waals surface area (Å²) in [7, 11) is 0. The minimum atomic E-state index is -0.0141. The SMILES string of the molecule is O=C1NC2CN1Cc1n[nH]nc12. The van der Waals surface area contributed by atoms with Gasteiger partial charge in [0, 0.05) is 6.54 Å². The van der Waals surface area contributed by atoms with Gasteiger partial charge in [-0.3, -0.25) is 0 Å². The molecule has 62 valence electrons. The van der Waals surface area contributed by atoms with Crippen LogP contribution >= 0.6 is 0 Å². The molecule has 3 heterocycles. The number of hydrogen-bond acceptors (Lipinski definition) is 3. The molecule has 0 aliphatic carbocycles. The minimum Gasteiger partial charge on any atom is -0.328 e. The zero-order valence-corrected chi connectivity index (χ0v) is 6.24. The summed E-state index contributed by atoms with van der Waals surface area (Å²) >= 11 is 0. The van der Waals surface area contributed by atoms with Crippen molar-refractivity contribution in [2.24, 2.45) is 0 Å². The van der Waals surface area contributed by atoms with Gasteiger partial charge in [0.2, 0.25) is 0 Å². The Kier molecular flexibility index (Phi) is 0.881. The van der Waals surface area contributed by atoms with E-state index < -0.39 is 0 Å². The van der Waals surface area contributed by atoms with Crippen LogP contribution in [-0.4, -0.2) is 32.9 Å². The van der Waals surface area contributed by atoms with Gasteiger partial charge in [0.1, 0.15) is 11.4 Å². The van der Waals surface area contributed by atoms with Crippen molar-refractivity contribution in [1.82, 2.24) is 25.6 Å². The van der Waals surface area contributed by atoms with Crippen LogP contribution in [0, 0.1) is 0 Å². The number of aromatic amines is 1. The molecule has 1 unspecified atom stereocenters. The molecule has 2 aliphatic rings. The number of rotatable bonds is 0. The number of urea groups is 1. The van der Waals surface area contributed by atoms with Crippen molar-refractivity contribution in [1.29, 1.82) is 0 Å². The Balaban J connectivity index is 2.12. The summed E-state index contributed by atoms with van der Waals surface area (Å²) in [5.74, 6) is 0. The number of carbonyl (C=O) groups is 1. The first kappa shape index (κ1) is 5.99. The van der Waals surface area contributed by atoms with Gasteiger partial charge in [0.15, 0.2) is 0 Å². The van der Waals surface area contributed by atoms with E-state index in [1.165, 1.54) is 0 Å². The zero-order chi connectivity index (χ0) is 8.13. The molecule has 6 nitrogen and oxygen atoms in total. The minimum absolute atomic E-state index is 0.0141. The number of fused-ring (bicyclic) bond motifs is 4. The molecular formula is C6H7N5O. The van der Waals surface area contributed by atoms with E-state index in [9.17, 15) is 4.79 Å². The summed E-state index contributed by atoms with van der Waals surface area (Å²) in [5.41, 5.74) is 1.77. The van der Waals surface area contributed by atoms with E-state index in [1.54, 1.807) is 4.90 Å². The third kappa shape index (κ3) is 0.572. The van der Waals surface area contributed by atoms with Crippen LogP contribution in [0.4, 0.5) is 4.79 Å². The Hall–Kier alpha value is -1.59. The molecule has 0 aromatic carbocycles. The lowest BCUT2D eigenvalue weighted by atomic mass is 10.1. The Morgan fingerprint density at radius 1 is 1.50 bits per heavy atom. The zero-order valence-electron chi connectivity index (χ0n) is 6.24. The van der Waals surface area contributed by atoms with Crippen LogP contribution in [0.2, 0.25) is 0 Å². The Morgan fingerprint density at radius 2 is 2.42 bits per heavy atom. The van der Waals surface area contributed by atoms with Crippen molar-refractivity contribution in [3.8, 4) is 0 Å². The Labute approximate surface area is 67.9 Å². The molecule has 0 saturated carbocycles. The van der Waals surface area contributed by atoms with Gasteiger partial charge in [0.25, 0.3) is 0 Å². The highest BCUT2D eigenvalue weighted by Crippen LogP contribution is 2.27. The van der Waals surface area contributed by atoms with Gasteiger partial charge >= 0.3 is 6.03 Å². The van der Waals surface area contributed by atoms with Crippen LogP contribution in [0.15, 0.2) is 0 Å². The second-order valence-corrected chi connectivity index (χ2v) is 3.04. The first-order chi connectivity index (χ1) is 5.84. The number of nitrogens with one attached hydrogen (secondary N) is 2. The van der Waals surface area contributed by atoms with Crippen molar-refractivity contribution in [2.75, 3.05) is 6.54 Å². The molecule has 2 bridgehead atoms. The van der Waals surface area contributed by atoms with Crippen LogP contribution in [0.25, 0.3) is 0 Å². The fourth-order valence-electron chi connectivity index (χ4n) is 1.72. The molecule has 0 radical (unpaired) electrons. The highest BCUT2D eigenvalue weighted by molar-refractivity contribution is 5.78. The van der Waals surface area contributed by atoms with Crippen molar-refractivity contribution < 1.29 is 4.79 Å². The Morgan fingerprint density at radius 3 is 3.33 bits per heavy atom. The van der Waals surface area contributed by atoms with Crippen molar-refractivity contribution in [3.63, 3.8) is 0 Å². The third-order valence-electron chi connectivity index (χ3n) is 2.31. The van der Waals surface area contributed by atoms with E-state index in [1.807, 2.05) is 0 Å². The fourth-order valence-corrected chi connectivity index (χ4v) is 1.72. The van der Waals surface area contributed by atoms with Gasteiger partial charge in [-0.05, 0) is 0 Å². The lowest BCUT2D eigenvalue weighted by molar-refractivity contribution is 0.214. The fraction of sp³-hybridized carbons (Fsp3) is 0.500. The van der Waals surface area contributed by atoms with E-state index in [0.717, 1.165) is 17.9 Å². The number of hydrogen-bond donors (Lipinski definition) is 2. The van der Waals surface area contributed by atoms with Gasteiger partial charge in [-0.15, -0.1) is 0 Å². The van der Waals surface area contributed by atoms with E-state index >= 15 is 0 Å². The first-order valence-corrected chi connectivity index (χ1v) is 3.79. The number of amides is 2. The van der Waals surface area contributed by atoms with Crippen molar-refractivity contribution in [3.05, 3.63) is 11.4 Å². The van der Waals surface area contributed by atoms with Crippen LogP contribution in [0.1, 0.15) is 17.4 Å². The second-order valence-electron chi connectivity index (χ2n) is 3.04. The normalized spacial score (nSPS) is 25.5. The maximum absolute atomic E-state index is 11.2. The maximum Gasteiger partial charge on any atom is 0.318 e. The predicted octanol–water partition coefficient (Wildman–Crippen LogP) is -0.615. The predicted molar refractivity (Wildman–Crippen MR) is 38.1 cm³/mol. The largest absolute Gasteiger partial charge is 0.328 e. The van der Waals surface area contributed by atoms with Crippen LogP contribution in [-0.2, 0) is 6.54 Å². The van der Waals surface area contributed by atoms with Gasteiger partial charge in [-0.25, -0.2) is 4.79 Å². The van der Waals surface area contributed by atoms with Gasteiger partial charge in [0.05, 0.1) is 12.6 Å². The molecule has 0 spiro atoms. The molecule has 12 heavy (non-hydrogen) atoms. The average Bonchev–Trinajstić information content (AvgIpc) is 2.60. The number of carbonyl (C=O) groups excluding carboxylic acids is 1. The lowest BCUT2D eigenvalue weighted by Gasteiger charge is -2.17. The standard InChI is InChI=1S/C6H7N5O/c12-6-7-3-1-11(6)2-4-5(3)9-10-8-4/h3H,1-2H2,(H,7,12)(H,8,9,10). The monoisotopic (exact) mass is 165 g/mol. The number of aromatic nitrogens is 3. The highest BCUT2D eigenvalue weighted by atomic mass is 16.2. The first-order valence-electron chi connectivity index (χ1n) is 3.79. The molecule has 2 aliphatic heterocycles. The maximum atomic E-state index is 11.2. The average molecular weight is 165 g/mol. The van der Waals surface area contributed by atoms with E-state index in [-0.39, 0.29) is 12.1 Å². The summed E-state index contributed by atoms with van der Waals surface area (Å²) in [6.07, 6.45) is 0. The highest BCUT2D eigenvalue weighted by Gasteiger charge is 2.38. The summed E-state index contributed by atoms with van der Waals surface area (Å²) in [6.45, 7) is 1.30. The second kappa shape index (κ2) is 1.77. The van der Waals surface area contributed by atoms with Crippen LogP contribution in [0.3, 0.4) is 0 Å². The molecular weight excluding hydrogens is 158 g/mol. The molecule has 6 heteroatoms. The van der Waals surface area contributed by atoms with E-state index in [2.05, 4.69) is 20.7 Å². The lowest BCUT2D eigenvalue weighted by Crippen LogP contribution is -2.27. The van der Waals surface area contributed by atoms with E-state index in [0.29, 0.717) is 6.54 Å². The number of H-pyrrole nitrogens is 1. The smallest absolute Gasteiger partial charge is 0.318 e. The van der Waals surface area contributed by atoms with E-state index in [4.69, 9.17) is 0 Å². The van der Waals surface area contributed by atoms with Crippen LogP contribution in [0.5, 0.6) is 0 Å². The van der Waals surface area contributed by atoms with Crippen molar-refractivity contribution >= 4 is 6.03 Å². The Bertz CT molecular complexity index is 345. The molecule has 1 aromatic heterocycles. The molecule has 2 N–H and O–H groups in total. The molecule has 1 aromatic rings. The molecule has 3 rings (SSSR count). The molecule has 1 saturated heterocycles. The van der Waals surface area contributed by atoms with Gasteiger partial charge in [-0.2, -0.15) is 15.4 Å². The topological polar surface area (TPSA) is 73.9 Å². The quantitative estimate of drug-likeness (QED) is 0.538. The van der Waals surface area contributed by atoms with Crippen LogP contribution < -0.4 is 5.32 Å². The van der Waals surface area contributed by atoms with Crippen molar-refractivity contribution in [2.45, 2.75) is 12.6 Å². The molecule has 1 fully saturated rings. The summed E-state index contributed by atoms with van der Waals surface area (Å²) in [4.78, 5) is 12.9. The number of nitrogens with zero attached hydrogens (tertiary/aromatic N) is 3. The third-order valence-corrected chi connectivity index (χ3v) is 2.31.